The number of fused-ring (bicyclic) bond motifs is 1. The molecule has 31 heavy (non-hydrogen) atoms. The molecule has 2 aromatic carbocycles. The predicted molar refractivity (Wildman–Crippen MR) is 115 cm³/mol. The summed E-state index contributed by atoms with van der Waals surface area (Å²) in [6, 6.07) is 24.7. The van der Waals surface area contributed by atoms with E-state index in [1.165, 1.54) is 0 Å². The molecule has 6 rings (SSSR count). The van der Waals surface area contributed by atoms with E-state index < -0.39 is 6.29 Å². The average molecular weight is 416 g/mol. The SMILES string of the molecule is O=C(Cc1ccccccccc1)NC12CC(NC(=O)C3Oc4ccccc4O3)(C1)C2. The number of ether oxygens (including phenoxy) is 2. The van der Waals surface area contributed by atoms with Gasteiger partial charge in [-0.3, -0.25) is 9.59 Å². The number of nitrogens with one attached hydrogen (secondary N) is 2. The van der Waals surface area contributed by atoms with E-state index >= 15 is 0 Å². The zero-order valence-electron chi connectivity index (χ0n) is 17.0. The summed E-state index contributed by atoms with van der Waals surface area (Å²) in [6.07, 6.45) is 1.57. The van der Waals surface area contributed by atoms with Gasteiger partial charge in [-0.1, -0.05) is 66.7 Å². The second kappa shape index (κ2) is 7.61. The largest absolute Gasteiger partial charge is 0.442 e. The Morgan fingerprint density at radius 3 is 1.81 bits per heavy atom. The van der Waals surface area contributed by atoms with E-state index in [1.807, 2.05) is 66.7 Å². The average Bonchev–Trinajstić information content (AvgIpc) is 3.14. The summed E-state index contributed by atoms with van der Waals surface area (Å²) in [7, 11) is 0. The molecule has 3 saturated carbocycles. The number of para-hydroxylation sites is 2. The zero-order valence-corrected chi connectivity index (χ0v) is 17.0. The molecule has 2 amide bonds. The van der Waals surface area contributed by atoms with Crippen molar-refractivity contribution in [3.8, 4) is 11.5 Å². The summed E-state index contributed by atoms with van der Waals surface area (Å²) in [5, 5.41) is 6.23. The molecule has 2 aromatic rings. The van der Waals surface area contributed by atoms with Gasteiger partial charge in [0.15, 0.2) is 11.5 Å². The zero-order chi connectivity index (χ0) is 21.3. The maximum absolute atomic E-state index is 12.6. The number of carbonyl (C=O) groups is 2. The van der Waals surface area contributed by atoms with Crippen LogP contribution in [-0.4, -0.2) is 29.2 Å². The van der Waals surface area contributed by atoms with Crippen molar-refractivity contribution in [2.24, 2.45) is 0 Å². The first-order valence-electron chi connectivity index (χ1n) is 10.5. The minimum atomic E-state index is -0.958. The first-order valence-corrected chi connectivity index (χ1v) is 10.5. The number of hydrogen-bond donors (Lipinski definition) is 2. The molecule has 0 unspecified atom stereocenters. The fourth-order valence-electron chi connectivity index (χ4n) is 4.76. The van der Waals surface area contributed by atoms with Gasteiger partial charge < -0.3 is 20.1 Å². The third-order valence-electron chi connectivity index (χ3n) is 6.01. The Labute approximate surface area is 180 Å². The van der Waals surface area contributed by atoms with Crippen LogP contribution in [0.15, 0.2) is 78.9 Å². The molecule has 2 bridgehead atoms. The van der Waals surface area contributed by atoms with E-state index in [0.717, 1.165) is 24.8 Å². The molecule has 0 spiro atoms. The molecular weight excluding hydrogens is 392 g/mol. The smallest absolute Gasteiger partial charge is 0.321 e. The van der Waals surface area contributed by atoms with E-state index in [1.54, 1.807) is 12.1 Å². The molecule has 0 saturated heterocycles. The van der Waals surface area contributed by atoms with Crippen LogP contribution in [0, 0.1) is 0 Å². The van der Waals surface area contributed by atoms with Crippen molar-refractivity contribution in [2.75, 3.05) is 0 Å². The van der Waals surface area contributed by atoms with E-state index in [4.69, 9.17) is 9.47 Å². The van der Waals surface area contributed by atoms with Crippen molar-refractivity contribution >= 4 is 11.8 Å². The van der Waals surface area contributed by atoms with Gasteiger partial charge in [-0.15, -0.1) is 0 Å². The molecule has 2 N–H and O–H groups in total. The Morgan fingerprint density at radius 2 is 1.23 bits per heavy atom. The molecule has 158 valence electrons. The highest BCUT2D eigenvalue weighted by atomic mass is 16.7. The van der Waals surface area contributed by atoms with Gasteiger partial charge in [-0.2, -0.15) is 0 Å². The summed E-state index contributed by atoms with van der Waals surface area (Å²) in [4.78, 5) is 25.2. The van der Waals surface area contributed by atoms with Crippen LogP contribution in [0.2, 0.25) is 0 Å². The first-order chi connectivity index (χ1) is 15.0. The van der Waals surface area contributed by atoms with Crippen LogP contribution in [0.5, 0.6) is 11.5 Å². The number of benzene rings is 1. The highest BCUT2D eigenvalue weighted by Gasteiger charge is 2.69. The molecule has 0 radical (unpaired) electrons. The monoisotopic (exact) mass is 416 g/mol. The Balaban J connectivity index is 1.12. The highest BCUT2D eigenvalue weighted by Crippen LogP contribution is 2.60. The van der Waals surface area contributed by atoms with Crippen LogP contribution in [-0.2, 0) is 16.0 Å². The molecular formula is C25H24N2O4. The predicted octanol–water partition coefficient (Wildman–Crippen LogP) is 3.06. The summed E-state index contributed by atoms with van der Waals surface area (Å²) in [5.41, 5.74) is 0.475. The lowest BCUT2D eigenvalue weighted by atomic mass is 9.44. The highest BCUT2D eigenvalue weighted by molar-refractivity contribution is 5.84. The quantitative estimate of drug-likeness (QED) is 0.786. The number of hydrogen-bond acceptors (Lipinski definition) is 4. The maximum Gasteiger partial charge on any atom is 0.321 e. The third kappa shape index (κ3) is 3.93. The number of amides is 2. The molecule has 3 fully saturated rings. The fourth-order valence-corrected chi connectivity index (χ4v) is 4.76. The van der Waals surface area contributed by atoms with Crippen LogP contribution in [0.1, 0.15) is 24.8 Å². The Hall–Kier alpha value is -3.54. The van der Waals surface area contributed by atoms with E-state index in [0.29, 0.717) is 17.9 Å². The molecule has 1 aliphatic heterocycles. The van der Waals surface area contributed by atoms with Crippen LogP contribution in [0.25, 0.3) is 0 Å². The topological polar surface area (TPSA) is 76.7 Å². The molecule has 3 aliphatic carbocycles. The minimum Gasteiger partial charge on any atom is -0.442 e. The lowest BCUT2D eigenvalue weighted by molar-refractivity contribution is -0.158. The molecule has 6 heteroatoms. The van der Waals surface area contributed by atoms with Crippen LogP contribution in [0.4, 0.5) is 0 Å². The molecule has 4 aliphatic rings. The minimum absolute atomic E-state index is 0.00147. The Morgan fingerprint density at radius 1 is 0.742 bits per heavy atom. The van der Waals surface area contributed by atoms with Crippen molar-refractivity contribution in [2.45, 2.75) is 43.1 Å². The van der Waals surface area contributed by atoms with Gasteiger partial charge in [-0.25, -0.2) is 0 Å². The lowest BCUT2D eigenvalue weighted by Gasteiger charge is -2.70. The van der Waals surface area contributed by atoms with E-state index in [-0.39, 0.29) is 22.9 Å². The Kier molecular flexibility index (Phi) is 4.77. The lowest BCUT2D eigenvalue weighted by Crippen LogP contribution is -2.84. The van der Waals surface area contributed by atoms with Crippen molar-refractivity contribution in [3.05, 3.63) is 84.4 Å². The molecule has 0 aromatic heterocycles. The van der Waals surface area contributed by atoms with Crippen molar-refractivity contribution in [1.82, 2.24) is 10.6 Å². The van der Waals surface area contributed by atoms with E-state index in [9.17, 15) is 9.59 Å². The summed E-state index contributed by atoms with van der Waals surface area (Å²) in [5.74, 6) is 0.878. The third-order valence-corrected chi connectivity index (χ3v) is 6.01. The van der Waals surface area contributed by atoms with Crippen LogP contribution >= 0.6 is 0 Å². The van der Waals surface area contributed by atoms with E-state index in [2.05, 4.69) is 10.6 Å². The van der Waals surface area contributed by atoms with Gasteiger partial charge in [0.25, 0.3) is 0 Å². The maximum atomic E-state index is 12.6. The molecule has 0 atom stereocenters. The normalized spacial score (nSPS) is 24.8. The standard InChI is InChI=1S/C25H24N2O4/c28-21(14-18-10-6-4-2-1-3-5-7-11-18)26-24-15-25(16-24,17-24)27-22(29)23-30-19-12-8-9-13-20(19)31-23/h1-13,23H,14-17H2,(H,26,28)(H,27,29). The molecule has 6 nitrogen and oxygen atoms in total. The first kappa shape index (κ1) is 19.4. The van der Waals surface area contributed by atoms with Gasteiger partial charge in [0.05, 0.1) is 6.42 Å². The van der Waals surface area contributed by atoms with Crippen molar-refractivity contribution < 1.29 is 19.1 Å². The summed E-state index contributed by atoms with van der Waals surface area (Å²) in [6.45, 7) is 0. The number of carbonyl (C=O) groups excluding carboxylic acids is 2. The van der Waals surface area contributed by atoms with Crippen molar-refractivity contribution in [1.29, 1.82) is 0 Å². The van der Waals surface area contributed by atoms with Gasteiger partial charge >= 0.3 is 12.2 Å². The van der Waals surface area contributed by atoms with Gasteiger partial charge in [-0.05, 0) is 37.0 Å². The van der Waals surface area contributed by atoms with Gasteiger partial charge in [0.1, 0.15) is 0 Å². The van der Waals surface area contributed by atoms with Crippen LogP contribution in [0.3, 0.4) is 0 Å². The van der Waals surface area contributed by atoms with Gasteiger partial charge in [0, 0.05) is 11.1 Å². The van der Waals surface area contributed by atoms with Crippen LogP contribution < -0.4 is 20.1 Å². The van der Waals surface area contributed by atoms with Crippen molar-refractivity contribution in [3.63, 3.8) is 0 Å². The van der Waals surface area contributed by atoms with Gasteiger partial charge in [0.2, 0.25) is 5.91 Å². The fraction of sp³-hybridized carbons (Fsp3) is 0.280. The summed E-state index contributed by atoms with van der Waals surface area (Å²) < 4.78 is 11.2. The second-order valence-corrected chi connectivity index (χ2v) is 8.57. The number of rotatable bonds is 5. The summed E-state index contributed by atoms with van der Waals surface area (Å²) >= 11 is 0. The Bertz CT molecular complexity index is 1010. The second-order valence-electron chi connectivity index (χ2n) is 8.57. The molecule has 1 heterocycles.